The quantitative estimate of drug-likeness (QED) is 0.728. The first-order valence-electron chi connectivity index (χ1n) is 4.51. The number of hydrogen-bond acceptors (Lipinski definition) is 0. The first-order chi connectivity index (χ1) is 6.19. The van der Waals surface area contributed by atoms with Crippen LogP contribution in [-0.4, -0.2) is 0 Å². The topological polar surface area (TPSA) is 0 Å². The molecule has 0 atom stereocenters. The molecule has 0 aromatic heterocycles. The Labute approximate surface area is 112 Å². The molecule has 0 aliphatic rings. The fourth-order valence-corrected chi connectivity index (χ4v) is 1.32. The molecule has 0 amide bonds. The first-order valence-corrected chi connectivity index (χ1v) is 4.51. The SMILES string of the molecule is C=[C-]c1ccc(C(=C)C)cc1CC.[Y]. The molecule has 14 heavy (non-hydrogen) atoms. The maximum atomic E-state index is 3.92. The normalized spacial score (nSPS) is 9.00. The van der Waals surface area contributed by atoms with E-state index in [0.29, 0.717) is 0 Å². The van der Waals surface area contributed by atoms with Gasteiger partial charge in [-0.2, -0.15) is 24.3 Å². The Morgan fingerprint density at radius 3 is 2.50 bits per heavy atom. The van der Waals surface area contributed by atoms with Crippen molar-refractivity contribution < 1.29 is 32.7 Å². The van der Waals surface area contributed by atoms with Crippen LogP contribution in [0.3, 0.4) is 0 Å². The van der Waals surface area contributed by atoms with Crippen LogP contribution in [0.25, 0.3) is 5.57 Å². The number of hydrogen-bond donors (Lipinski definition) is 0. The van der Waals surface area contributed by atoms with E-state index in [2.05, 4.69) is 44.4 Å². The fraction of sp³-hybridized carbons (Fsp3) is 0.231. The predicted octanol–water partition coefficient (Wildman–Crippen LogP) is 3.62. The summed E-state index contributed by atoms with van der Waals surface area (Å²) in [6, 6.07) is 6.28. The van der Waals surface area contributed by atoms with E-state index in [1.165, 1.54) is 11.1 Å². The van der Waals surface area contributed by atoms with Crippen molar-refractivity contribution in [2.75, 3.05) is 0 Å². The van der Waals surface area contributed by atoms with E-state index >= 15 is 0 Å². The standard InChI is InChI=1S/C13H15.Y/c1-5-11-7-8-13(10(3)4)9-12(11)6-2;/h7-9H,1,3,6H2,2,4H3;/q-1;. The molecule has 0 bridgehead atoms. The second-order valence-corrected chi connectivity index (χ2v) is 3.18. The molecule has 0 heterocycles. The maximum Gasteiger partial charge on any atom is 0 e. The second-order valence-electron chi connectivity index (χ2n) is 3.18. The summed E-state index contributed by atoms with van der Waals surface area (Å²) in [5.41, 5.74) is 4.70. The molecule has 0 aliphatic heterocycles. The summed E-state index contributed by atoms with van der Waals surface area (Å²) < 4.78 is 0. The van der Waals surface area contributed by atoms with E-state index in [1.54, 1.807) is 0 Å². The molecular weight excluding hydrogens is 245 g/mol. The zero-order valence-corrected chi connectivity index (χ0v) is 11.8. The fourth-order valence-electron chi connectivity index (χ4n) is 1.32. The second kappa shape index (κ2) is 6.32. The van der Waals surface area contributed by atoms with E-state index in [0.717, 1.165) is 17.6 Å². The summed E-state index contributed by atoms with van der Waals surface area (Å²) in [6.45, 7) is 11.7. The number of benzene rings is 1. The van der Waals surface area contributed by atoms with Gasteiger partial charge in [-0.1, -0.05) is 25.5 Å². The van der Waals surface area contributed by atoms with E-state index < -0.39 is 0 Å². The van der Waals surface area contributed by atoms with Crippen molar-refractivity contribution in [2.24, 2.45) is 0 Å². The van der Waals surface area contributed by atoms with Crippen LogP contribution in [0.4, 0.5) is 0 Å². The van der Waals surface area contributed by atoms with Crippen molar-refractivity contribution in [3.8, 4) is 0 Å². The Balaban J connectivity index is 0.00000169. The zero-order chi connectivity index (χ0) is 9.84. The van der Waals surface area contributed by atoms with Crippen LogP contribution in [0.5, 0.6) is 0 Å². The molecule has 1 radical (unpaired) electrons. The van der Waals surface area contributed by atoms with Crippen LogP contribution in [0.15, 0.2) is 31.4 Å². The summed E-state index contributed by atoms with van der Waals surface area (Å²) in [5.74, 6) is 0. The van der Waals surface area contributed by atoms with Crippen LogP contribution < -0.4 is 0 Å². The van der Waals surface area contributed by atoms with Crippen LogP contribution >= 0.6 is 0 Å². The van der Waals surface area contributed by atoms with E-state index in [-0.39, 0.29) is 32.7 Å². The zero-order valence-electron chi connectivity index (χ0n) is 8.93. The number of rotatable bonds is 3. The molecule has 0 fully saturated rings. The average Bonchev–Trinajstić information content (AvgIpc) is 2.16. The van der Waals surface area contributed by atoms with Gasteiger partial charge < -0.3 is 0 Å². The number of aryl methyl sites for hydroxylation is 1. The monoisotopic (exact) mass is 260 g/mol. The average molecular weight is 260 g/mol. The molecular formula is C13H15Y-. The van der Waals surface area contributed by atoms with Crippen molar-refractivity contribution in [2.45, 2.75) is 20.3 Å². The molecule has 1 rings (SSSR count). The summed E-state index contributed by atoms with van der Waals surface area (Å²) >= 11 is 0. The molecule has 0 nitrogen and oxygen atoms in total. The van der Waals surface area contributed by atoms with Crippen molar-refractivity contribution >= 4 is 5.57 Å². The van der Waals surface area contributed by atoms with Crippen LogP contribution in [0.2, 0.25) is 0 Å². The van der Waals surface area contributed by atoms with Crippen molar-refractivity contribution in [1.82, 2.24) is 0 Å². The third kappa shape index (κ3) is 3.18. The summed E-state index contributed by atoms with van der Waals surface area (Å²) in [7, 11) is 0. The minimum atomic E-state index is 0. The first kappa shape index (κ1) is 13.8. The van der Waals surface area contributed by atoms with Gasteiger partial charge in [0.2, 0.25) is 0 Å². The molecule has 0 saturated heterocycles. The molecule has 0 saturated carbocycles. The number of allylic oxidation sites excluding steroid dienone is 1. The molecule has 0 aliphatic carbocycles. The van der Waals surface area contributed by atoms with Gasteiger partial charge in [0.05, 0.1) is 0 Å². The third-order valence-corrected chi connectivity index (χ3v) is 2.17. The third-order valence-electron chi connectivity index (χ3n) is 2.17. The van der Waals surface area contributed by atoms with Gasteiger partial charge in [-0.15, -0.1) is 17.7 Å². The van der Waals surface area contributed by atoms with E-state index in [1.807, 2.05) is 6.92 Å². The Morgan fingerprint density at radius 1 is 1.43 bits per heavy atom. The smallest absolute Gasteiger partial charge is 0 e. The molecule has 1 aromatic rings. The predicted molar refractivity (Wildman–Crippen MR) is 58.5 cm³/mol. The Morgan fingerprint density at radius 2 is 2.07 bits per heavy atom. The summed E-state index contributed by atoms with van der Waals surface area (Å²) in [4.78, 5) is 0. The van der Waals surface area contributed by atoms with Gasteiger partial charge in [0.15, 0.2) is 0 Å². The molecule has 71 valence electrons. The summed E-state index contributed by atoms with van der Waals surface area (Å²) in [5, 5.41) is 0. The minimum Gasteiger partial charge on any atom is -0.190 e. The molecule has 1 aromatic carbocycles. The van der Waals surface area contributed by atoms with Crippen LogP contribution in [0, 0.1) is 6.08 Å². The van der Waals surface area contributed by atoms with Gasteiger partial charge >= 0.3 is 0 Å². The Kier molecular flexibility index (Phi) is 6.23. The largest absolute Gasteiger partial charge is 0.190 e. The van der Waals surface area contributed by atoms with Crippen LogP contribution in [0.1, 0.15) is 30.5 Å². The molecule has 1 heteroatoms. The van der Waals surface area contributed by atoms with Gasteiger partial charge in [0.1, 0.15) is 0 Å². The van der Waals surface area contributed by atoms with Gasteiger partial charge in [-0.25, -0.2) is 0 Å². The van der Waals surface area contributed by atoms with Gasteiger partial charge in [0, 0.05) is 32.7 Å². The van der Waals surface area contributed by atoms with Gasteiger partial charge in [0.25, 0.3) is 0 Å². The maximum absolute atomic E-state index is 3.92. The Bertz CT molecular complexity index is 337. The van der Waals surface area contributed by atoms with E-state index in [4.69, 9.17) is 0 Å². The minimum absolute atomic E-state index is 0. The van der Waals surface area contributed by atoms with Crippen molar-refractivity contribution in [3.63, 3.8) is 0 Å². The van der Waals surface area contributed by atoms with Crippen LogP contribution in [-0.2, 0) is 39.1 Å². The van der Waals surface area contributed by atoms with Gasteiger partial charge in [-0.05, 0) is 12.5 Å². The van der Waals surface area contributed by atoms with E-state index in [9.17, 15) is 0 Å². The molecule has 0 N–H and O–H groups in total. The molecule has 0 unspecified atom stereocenters. The molecule has 0 spiro atoms. The van der Waals surface area contributed by atoms with Crippen molar-refractivity contribution in [1.29, 1.82) is 0 Å². The van der Waals surface area contributed by atoms with Crippen molar-refractivity contribution in [3.05, 3.63) is 54.1 Å². The Hall–Kier alpha value is -0.196. The van der Waals surface area contributed by atoms with Gasteiger partial charge in [-0.3, -0.25) is 0 Å². The summed E-state index contributed by atoms with van der Waals surface area (Å²) in [6.07, 6.45) is 3.95.